The molecule has 1 aromatic heterocycles. The summed E-state index contributed by atoms with van der Waals surface area (Å²) in [4.78, 5) is 5.41. The Hall–Kier alpha value is -0.380. The number of nitrogens with one attached hydrogen (secondary N) is 1. The van der Waals surface area contributed by atoms with Gasteiger partial charge in [0.25, 0.3) is 0 Å². The minimum atomic E-state index is 0.838. The van der Waals surface area contributed by atoms with E-state index in [-0.39, 0.29) is 0 Å². The highest BCUT2D eigenvalue weighted by Crippen LogP contribution is 2.21. The quantitative estimate of drug-likeness (QED) is 0.794. The second-order valence-electron chi connectivity index (χ2n) is 5.46. The van der Waals surface area contributed by atoms with Crippen LogP contribution in [0.2, 0.25) is 0 Å². The largest absolute Gasteiger partial charge is 0.311 e. The molecule has 0 atom stereocenters. The third kappa shape index (κ3) is 4.38. The zero-order valence-electron chi connectivity index (χ0n) is 11.7. The molecule has 18 heavy (non-hydrogen) atoms. The molecule has 1 N–H and O–H groups in total. The van der Waals surface area contributed by atoms with Crippen LogP contribution in [0.15, 0.2) is 12.1 Å². The van der Waals surface area contributed by atoms with Crippen LogP contribution < -0.4 is 5.32 Å². The maximum absolute atomic E-state index is 3.55. The zero-order chi connectivity index (χ0) is 12.8. The van der Waals surface area contributed by atoms with Crippen molar-refractivity contribution in [2.45, 2.75) is 51.6 Å². The molecule has 0 unspecified atom stereocenters. The van der Waals surface area contributed by atoms with Crippen molar-refractivity contribution < 1.29 is 0 Å². The highest BCUT2D eigenvalue weighted by atomic mass is 32.1. The summed E-state index contributed by atoms with van der Waals surface area (Å²) in [5.41, 5.74) is 0. The Labute approximate surface area is 115 Å². The van der Waals surface area contributed by atoms with Gasteiger partial charge in [-0.3, -0.25) is 0 Å². The van der Waals surface area contributed by atoms with Crippen LogP contribution in [0.1, 0.15) is 41.9 Å². The van der Waals surface area contributed by atoms with E-state index in [9.17, 15) is 0 Å². The van der Waals surface area contributed by atoms with Crippen LogP contribution >= 0.6 is 11.3 Å². The number of nitrogens with zero attached hydrogens (tertiary/aromatic N) is 1. The van der Waals surface area contributed by atoms with Crippen molar-refractivity contribution in [1.82, 2.24) is 10.2 Å². The van der Waals surface area contributed by atoms with E-state index in [1.807, 2.05) is 11.3 Å². The lowest BCUT2D eigenvalue weighted by molar-refractivity contribution is 0.192. The Morgan fingerprint density at radius 1 is 1.28 bits per heavy atom. The SMILES string of the molecule is Cc1ccc(CNCCN(C)C2CCCCC2)s1. The number of likely N-dealkylation sites (N-methyl/N-ethyl adjacent to an activating group) is 1. The van der Waals surface area contributed by atoms with E-state index in [2.05, 4.69) is 36.3 Å². The van der Waals surface area contributed by atoms with E-state index in [1.54, 1.807) is 0 Å². The van der Waals surface area contributed by atoms with Crippen molar-refractivity contribution in [1.29, 1.82) is 0 Å². The number of hydrogen-bond donors (Lipinski definition) is 1. The van der Waals surface area contributed by atoms with Crippen LogP contribution in [0.3, 0.4) is 0 Å². The van der Waals surface area contributed by atoms with E-state index in [1.165, 1.54) is 48.4 Å². The Morgan fingerprint density at radius 2 is 2.06 bits per heavy atom. The Balaban J connectivity index is 1.59. The first-order chi connectivity index (χ1) is 8.75. The minimum Gasteiger partial charge on any atom is -0.311 e. The van der Waals surface area contributed by atoms with E-state index >= 15 is 0 Å². The fourth-order valence-electron chi connectivity index (χ4n) is 2.75. The third-order valence-electron chi connectivity index (χ3n) is 3.93. The summed E-state index contributed by atoms with van der Waals surface area (Å²) >= 11 is 1.90. The van der Waals surface area contributed by atoms with Crippen LogP contribution in [0, 0.1) is 6.92 Å². The zero-order valence-corrected chi connectivity index (χ0v) is 12.6. The topological polar surface area (TPSA) is 15.3 Å². The fraction of sp³-hybridized carbons (Fsp3) is 0.733. The van der Waals surface area contributed by atoms with Gasteiger partial charge in [0.15, 0.2) is 0 Å². The maximum Gasteiger partial charge on any atom is 0.0300 e. The molecule has 1 fully saturated rings. The molecule has 102 valence electrons. The normalized spacial score (nSPS) is 17.5. The third-order valence-corrected chi connectivity index (χ3v) is 4.94. The summed E-state index contributed by atoms with van der Waals surface area (Å²) in [6.07, 6.45) is 7.11. The van der Waals surface area contributed by atoms with Gasteiger partial charge in [-0.05, 0) is 38.9 Å². The molecule has 0 amide bonds. The second-order valence-corrected chi connectivity index (χ2v) is 6.83. The Morgan fingerprint density at radius 3 is 2.72 bits per heavy atom. The van der Waals surface area contributed by atoms with Gasteiger partial charge in [0.1, 0.15) is 0 Å². The first-order valence-corrected chi connectivity index (χ1v) is 8.03. The van der Waals surface area contributed by atoms with Crippen LogP contribution in [0.25, 0.3) is 0 Å². The molecule has 1 aliphatic rings. The molecule has 0 aliphatic heterocycles. The van der Waals surface area contributed by atoms with Gasteiger partial charge >= 0.3 is 0 Å². The molecule has 1 aliphatic carbocycles. The minimum absolute atomic E-state index is 0.838. The fourth-order valence-corrected chi connectivity index (χ4v) is 3.61. The lowest BCUT2D eigenvalue weighted by Gasteiger charge is -2.31. The maximum atomic E-state index is 3.55. The average molecular weight is 266 g/mol. The summed E-state index contributed by atoms with van der Waals surface area (Å²) in [6, 6.07) is 5.28. The predicted molar refractivity (Wildman–Crippen MR) is 80.3 cm³/mol. The Kier molecular flexibility index (Phi) is 5.67. The molecule has 1 saturated carbocycles. The summed E-state index contributed by atoms with van der Waals surface area (Å²) in [5.74, 6) is 0. The van der Waals surface area contributed by atoms with E-state index in [0.717, 1.165) is 19.1 Å². The van der Waals surface area contributed by atoms with Gasteiger partial charge in [-0.15, -0.1) is 11.3 Å². The van der Waals surface area contributed by atoms with E-state index < -0.39 is 0 Å². The molecule has 0 bridgehead atoms. The molecule has 0 radical (unpaired) electrons. The first kappa shape index (κ1) is 14.0. The summed E-state index contributed by atoms with van der Waals surface area (Å²) in [7, 11) is 2.28. The molecule has 0 spiro atoms. The van der Waals surface area contributed by atoms with E-state index in [4.69, 9.17) is 0 Å². The molecule has 0 saturated heterocycles. The van der Waals surface area contributed by atoms with Gasteiger partial charge in [0.2, 0.25) is 0 Å². The van der Waals surface area contributed by atoms with Gasteiger partial charge in [0.05, 0.1) is 0 Å². The highest BCUT2D eigenvalue weighted by Gasteiger charge is 2.17. The molecule has 2 nitrogen and oxygen atoms in total. The van der Waals surface area contributed by atoms with Gasteiger partial charge in [-0.1, -0.05) is 19.3 Å². The lowest BCUT2D eigenvalue weighted by atomic mass is 9.94. The molecule has 3 heteroatoms. The lowest BCUT2D eigenvalue weighted by Crippen LogP contribution is -2.37. The smallest absolute Gasteiger partial charge is 0.0300 e. The molecular weight excluding hydrogens is 240 g/mol. The highest BCUT2D eigenvalue weighted by molar-refractivity contribution is 7.11. The monoisotopic (exact) mass is 266 g/mol. The van der Waals surface area contributed by atoms with Crippen molar-refractivity contribution in [2.24, 2.45) is 0 Å². The van der Waals surface area contributed by atoms with Gasteiger partial charge in [0, 0.05) is 35.4 Å². The second kappa shape index (κ2) is 7.27. The van der Waals surface area contributed by atoms with Gasteiger partial charge < -0.3 is 10.2 Å². The first-order valence-electron chi connectivity index (χ1n) is 7.22. The van der Waals surface area contributed by atoms with Crippen molar-refractivity contribution >= 4 is 11.3 Å². The molecule has 1 heterocycles. The van der Waals surface area contributed by atoms with Gasteiger partial charge in [-0.25, -0.2) is 0 Å². The van der Waals surface area contributed by atoms with Crippen molar-refractivity contribution in [3.63, 3.8) is 0 Å². The average Bonchev–Trinajstić information content (AvgIpc) is 2.81. The summed E-state index contributed by atoms with van der Waals surface area (Å²) in [6.45, 7) is 5.47. The molecule has 2 rings (SSSR count). The van der Waals surface area contributed by atoms with Crippen molar-refractivity contribution in [3.8, 4) is 0 Å². The van der Waals surface area contributed by atoms with Crippen LogP contribution in [0.4, 0.5) is 0 Å². The van der Waals surface area contributed by atoms with Crippen LogP contribution in [-0.4, -0.2) is 31.1 Å². The van der Waals surface area contributed by atoms with E-state index in [0.29, 0.717) is 0 Å². The van der Waals surface area contributed by atoms with Crippen molar-refractivity contribution in [2.75, 3.05) is 20.1 Å². The summed E-state index contributed by atoms with van der Waals surface area (Å²) in [5, 5.41) is 3.55. The summed E-state index contributed by atoms with van der Waals surface area (Å²) < 4.78 is 0. The number of rotatable bonds is 6. The molecule has 1 aromatic rings. The molecular formula is C15H26N2S. The molecule has 0 aromatic carbocycles. The Bertz CT molecular complexity index is 342. The number of thiophene rings is 1. The predicted octanol–water partition coefficient (Wildman–Crippen LogP) is 3.41. The van der Waals surface area contributed by atoms with Crippen LogP contribution in [-0.2, 0) is 6.54 Å². The van der Waals surface area contributed by atoms with Crippen molar-refractivity contribution in [3.05, 3.63) is 21.9 Å². The standard InChI is InChI=1S/C15H26N2S/c1-13-8-9-15(18-13)12-16-10-11-17(2)14-6-4-3-5-7-14/h8-9,14,16H,3-7,10-12H2,1-2H3. The number of aryl methyl sites for hydroxylation is 1. The van der Waals surface area contributed by atoms with Crippen LogP contribution in [0.5, 0.6) is 0 Å². The number of hydrogen-bond acceptors (Lipinski definition) is 3. The van der Waals surface area contributed by atoms with Gasteiger partial charge in [-0.2, -0.15) is 0 Å².